The predicted octanol–water partition coefficient (Wildman–Crippen LogP) is 3.43. The van der Waals surface area contributed by atoms with Crippen LogP contribution in [-0.2, 0) is 0 Å². The summed E-state index contributed by atoms with van der Waals surface area (Å²) in [6.07, 6.45) is 0. The van der Waals surface area contributed by atoms with Crippen LogP contribution >= 0.6 is 0 Å². The van der Waals surface area contributed by atoms with Crippen molar-refractivity contribution in [3.8, 4) is 17.9 Å². The number of methoxy groups -OCH3 is 1. The number of nitriles is 2. The number of benzene rings is 2. The molecule has 2 aromatic rings. The number of para-hydroxylation sites is 1. The SMILES string of the molecule is COc1ccccc1C#N.Cc1ccccc1C#N. The molecule has 0 N–H and O–H groups in total. The number of aryl methyl sites for hydroxylation is 1. The van der Waals surface area contributed by atoms with Crippen molar-refractivity contribution < 1.29 is 4.74 Å². The molecule has 0 saturated carbocycles. The van der Waals surface area contributed by atoms with Crippen LogP contribution in [0.4, 0.5) is 0 Å². The van der Waals surface area contributed by atoms with Crippen molar-refractivity contribution in [3.05, 3.63) is 65.2 Å². The average Bonchev–Trinajstić information content (AvgIpc) is 2.48. The Hall–Kier alpha value is -2.78. The molecule has 0 spiro atoms. The summed E-state index contributed by atoms with van der Waals surface area (Å²) in [4.78, 5) is 0. The minimum Gasteiger partial charge on any atom is -0.495 e. The smallest absolute Gasteiger partial charge is 0.136 e. The quantitative estimate of drug-likeness (QED) is 0.779. The van der Waals surface area contributed by atoms with Crippen molar-refractivity contribution in [2.45, 2.75) is 6.92 Å². The molecule has 3 nitrogen and oxygen atoms in total. The molecule has 0 fully saturated rings. The second-order valence-electron chi connectivity index (χ2n) is 3.74. The van der Waals surface area contributed by atoms with E-state index in [1.807, 2.05) is 43.3 Å². The summed E-state index contributed by atoms with van der Waals surface area (Å²) in [6.45, 7) is 1.93. The molecule has 94 valence electrons. The van der Waals surface area contributed by atoms with Gasteiger partial charge in [-0.2, -0.15) is 10.5 Å². The first-order valence-electron chi connectivity index (χ1n) is 5.71. The molecule has 19 heavy (non-hydrogen) atoms. The van der Waals surface area contributed by atoms with E-state index >= 15 is 0 Å². The summed E-state index contributed by atoms with van der Waals surface area (Å²) in [7, 11) is 1.55. The lowest BCUT2D eigenvalue weighted by Gasteiger charge is -1.98. The van der Waals surface area contributed by atoms with Crippen LogP contribution in [0.1, 0.15) is 16.7 Å². The minimum atomic E-state index is 0.574. The van der Waals surface area contributed by atoms with Crippen LogP contribution in [0.25, 0.3) is 0 Å². The molecule has 2 rings (SSSR count). The second-order valence-corrected chi connectivity index (χ2v) is 3.74. The van der Waals surface area contributed by atoms with E-state index in [2.05, 4.69) is 6.07 Å². The Morgan fingerprint density at radius 1 is 0.842 bits per heavy atom. The van der Waals surface area contributed by atoms with E-state index in [1.54, 1.807) is 25.3 Å². The van der Waals surface area contributed by atoms with Gasteiger partial charge in [-0.25, -0.2) is 0 Å². The summed E-state index contributed by atoms with van der Waals surface area (Å²) in [6, 6.07) is 18.8. The zero-order chi connectivity index (χ0) is 14.1. The predicted molar refractivity (Wildman–Crippen MR) is 73.6 cm³/mol. The van der Waals surface area contributed by atoms with Gasteiger partial charge in [-0.1, -0.05) is 30.3 Å². The van der Waals surface area contributed by atoms with Crippen molar-refractivity contribution in [1.29, 1.82) is 10.5 Å². The van der Waals surface area contributed by atoms with Gasteiger partial charge in [0.2, 0.25) is 0 Å². The van der Waals surface area contributed by atoms with Crippen LogP contribution in [0.5, 0.6) is 5.75 Å². The van der Waals surface area contributed by atoms with Crippen LogP contribution in [0.2, 0.25) is 0 Å². The molecule has 0 aliphatic carbocycles. The molecule has 0 bridgehead atoms. The van der Waals surface area contributed by atoms with Gasteiger partial charge in [0, 0.05) is 0 Å². The van der Waals surface area contributed by atoms with E-state index in [9.17, 15) is 0 Å². The summed E-state index contributed by atoms with van der Waals surface area (Å²) in [5.74, 6) is 0.630. The first kappa shape index (κ1) is 14.3. The van der Waals surface area contributed by atoms with Crippen molar-refractivity contribution in [3.63, 3.8) is 0 Å². The molecular weight excluding hydrogens is 236 g/mol. The summed E-state index contributed by atoms with van der Waals surface area (Å²) in [5.41, 5.74) is 2.38. The third-order valence-corrected chi connectivity index (χ3v) is 2.49. The number of hydrogen-bond acceptors (Lipinski definition) is 3. The Bertz CT molecular complexity index is 621. The number of hydrogen-bond donors (Lipinski definition) is 0. The summed E-state index contributed by atoms with van der Waals surface area (Å²) >= 11 is 0. The lowest BCUT2D eigenvalue weighted by Crippen LogP contribution is -1.85. The zero-order valence-corrected chi connectivity index (χ0v) is 10.9. The lowest BCUT2D eigenvalue weighted by atomic mass is 10.1. The maximum atomic E-state index is 8.52. The number of ether oxygens (including phenoxy) is 1. The first-order chi connectivity index (χ1) is 9.22. The van der Waals surface area contributed by atoms with Gasteiger partial charge in [-0.05, 0) is 30.7 Å². The second kappa shape index (κ2) is 7.53. The van der Waals surface area contributed by atoms with Gasteiger partial charge >= 0.3 is 0 Å². The molecular formula is C16H14N2O. The fourth-order valence-corrected chi connectivity index (χ4v) is 1.44. The molecule has 0 unspecified atom stereocenters. The molecule has 0 saturated heterocycles. The molecule has 0 heterocycles. The highest BCUT2D eigenvalue weighted by atomic mass is 16.5. The van der Waals surface area contributed by atoms with Crippen molar-refractivity contribution in [1.82, 2.24) is 0 Å². The monoisotopic (exact) mass is 250 g/mol. The van der Waals surface area contributed by atoms with Crippen molar-refractivity contribution in [2.24, 2.45) is 0 Å². The van der Waals surface area contributed by atoms with Gasteiger partial charge in [-0.15, -0.1) is 0 Å². The normalized spacial score (nSPS) is 8.42. The van der Waals surface area contributed by atoms with Gasteiger partial charge in [-0.3, -0.25) is 0 Å². The van der Waals surface area contributed by atoms with E-state index in [-0.39, 0.29) is 0 Å². The molecule has 3 heteroatoms. The van der Waals surface area contributed by atoms with E-state index in [1.165, 1.54) is 0 Å². The van der Waals surface area contributed by atoms with Gasteiger partial charge in [0.15, 0.2) is 0 Å². The highest BCUT2D eigenvalue weighted by Crippen LogP contribution is 2.14. The van der Waals surface area contributed by atoms with E-state index in [0.29, 0.717) is 11.3 Å². The van der Waals surface area contributed by atoms with Gasteiger partial charge in [0.25, 0.3) is 0 Å². The Labute approximate surface area is 113 Å². The topological polar surface area (TPSA) is 56.8 Å². The molecule has 0 aromatic heterocycles. The Balaban J connectivity index is 0.000000191. The third kappa shape index (κ3) is 4.18. The van der Waals surface area contributed by atoms with Crippen LogP contribution in [-0.4, -0.2) is 7.11 Å². The van der Waals surface area contributed by atoms with Crippen LogP contribution in [0, 0.1) is 29.6 Å². The zero-order valence-electron chi connectivity index (χ0n) is 10.9. The van der Waals surface area contributed by atoms with E-state index < -0.39 is 0 Å². The highest BCUT2D eigenvalue weighted by Gasteiger charge is 1.96. The minimum absolute atomic E-state index is 0.574. The Morgan fingerprint density at radius 3 is 1.79 bits per heavy atom. The van der Waals surface area contributed by atoms with Gasteiger partial charge in [0.1, 0.15) is 11.8 Å². The largest absolute Gasteiger partial charge is 0.495 e. The molecule has 0 amide bonds. The Morgan fingerprint density at radius 2 is 1.37 bits per heavy atom. The standard InChI is InChI=1S/C8H7NO.C8H7N/c1-10-8-5-3-2-4-7(8)6-9;1-7-4-2-3-5-8(7)6-9/h2-5H,1H3;2-5H,1H3. The molecule has 0 radical (unpaired) electrons. The average molecular weight is 250 g/mol. The highest BCUT2D eigenvalue weighted by molar-refractivity contribution is 5.42. The summed E-state index contributed by atoms with van der Waals surface area (Å²) in [5, 5.41) is 17.0. The third-order valence-electron chi connectivity index (χ3n) is 2.49. The lowest BCUT2D eigenvalue weighted by molar-refractivity contribution is 0.413. The maximum Gasteiger partial charge on any atom is 0.136 e. The van der Waals surface area contributed by atoms with Crippen molar-refractivity contribution in [2.75, 3.05) is 7.11 Å². The maximum absolute atomic E-state index is 8.52. The van der Waals surface area contributed by atoms with Crippen LogP contribution in [0.3, 0.4) is 0 Å². The summed E-state index contributed by atoms with van der Waals surface area (Å²) < 4.78 is 4.91. The molecule has 0 aliphatic heterocycles. The molecule has 0 atom stereocenters. The first-order valence-corrected chi connectivity index (χ1v) is 5.71. The molecule has 2 aromatic carbocycles. The van der Waals surface area contributed by atoms with Crippen LogP contribution < -0.4 is 4.74 Å². The number of nitrogens with zero attached hydrogens (tertiary/aromatic N) is 2. The van der Waals surface area contributed by atoms with Gasteiger partial charge < -0.3 is 4.74 Å². The van der Waals surface area contributed by atoms with Crippen LogP contribution in [0.15, 0.2) is 48.5 Å². The molecule has 0 aliphatic rings. The fraction of sp³-hybridized carbons (Fsp3) is 0.125. The van der Waals surface area contributed by atoms with Gasteiger partial charge in [0.05, 0.1) is 24.3 Å². The van der Waals surface area contributed by atoms with E-state index in [0.717, 1.165) is 11.1 Å². The van der Waals surface area contributed by atoms with E-state index in [4.69, 9.17) is 15.3 Å². The fourth-order valence-electron chi connectivity index (χ4n) is 1.44. The van der Waals surface area contributed by atoms with Crippen molar-refractivity contribution >= 4 is 0 Å². The Kier molecular flexibility index (Phi) is 5.66. The number of rotatable bonds is 1.